The van der Waals surface area contributed by atoms with Crippen LogP contribution in [0.15, 0.2) is 23.2 Å². The molecule has 2 unspecified atom stereocenters. The molecule has 1 saturated carbocycles. The average molecular weight is 368 g/mol. The van der Waals surface area contributed by atoms with Crippen LogP contribution >= 0.6 is 11.6 Å². The van der Waals surface area contributed by atoms with Crippen molar-refractivity contribution in [2.45, 2.75) is 38.3 Å². The number of guanidine groups is 1. The largest absolute Gasteiger partial charge is 0.495 e. The summed E-state index contributed by atoms with van der Waals surface area (Å²) in [6, 6.07) is 5.60. The molecular formula is C18H26ClN3O3. The predicted octanol–water partition coefficient (Wildman–Crippen LogP) is 3.05. The summed E-state index contributed by atoms with van der Waals surface area (Å²) in [5.41, 5.74) is 6.98. The summed E-state index contributed by atoms with van der Waals surface area (Å²) in [6.07, 6.45) is 3.08. The van der Waals surface area contributed by atoms with Gasteiger partial charge in [0.15, 0.2) is 5.96 Å². The summed E-state index contributed by atoms with van der Waals surface area (Å²) >= 11 is 6.15. The molecule has 1 spiro atoms. The van der Waals surface area contributed by atoms with E-state index in [2.05, 4.69) is 5.32 Å². The molecule has 3 rings (SSSR count). The maximum Gasteiger partial charge on any atom is 0.193 e. The second-order valence-electron chi connectivity index (χ2n) is 6.53. The van der Waals surface area contributed by atoms with Crippen molar-refractivity contribution in [1.82, 2.24) is 0 Å². The van der Waals surface area contributed by atoms with Gasteiger partial charge in [-0.05, 0) is 44.4 Å². The first-order valence-corrected chi connectivity index (χ1v) is 9.10. The quantitative estimate of drug-likeness (QED) is 0.617. The van der Waals surface area contributed by atoms with E-state index >= 15 is 0 Å². The van der Waals surface area contributed by atoms with E-state index in [0.717, 1.165) is 44.8 Å². The van der Waals surface area contributed by atoms with Crippen LogP contribution in [0.2, 0.25) is 5.02 Å². The van der Waals surface area contributed by atoms with Gasteiger partial charge in [0.2, 0.25) is 0 Å². The lowest BCUT2D eigenvalue weighted by atomic mass is 9.58. The van der Waals surface area contributed by atoms with Gasteiger partial charge in [-0.25, -0.2) is 4.99 Å². The Kier molecular flexibility index (Phi) is 5.71. The van der Waals surface area contributed by atoms with Crippen LogP contribution in [0.4, 0.5) is 5.69 Å². The Labute approximate surface area is 153 Å². The lowest BCUT2D eigenvalue weighted by molar-refractivity contribution is -0.163. The van der Waals surface area contributed by atoms with E-state index in [9.17, 15) is 0 Å². The molecule has 25 heavy (non-hydrogen) atoms. The lowest BCUT2D eigenvalue weighted by Crippen LogP contribution is -2.60. The number of nitrogens with two attached hydrogens (primary N) is 1. The highest BCUT2D eigenvalue weighted by Gasteiger charge is 2.56. The van der Waals surface area contributed by atoms with E-state index in [1.54, 1.807) is 19.2 Å². The molecule has 2 atom stereocenters. The number of rotatable bonds is 5. The maximum atomic E-state index is 6.15. The number of nitrogens with zero attached hydrogens (tertiary/aromatic N) is 1. The third-order valence-corrected chi connectivity index (χ3v) is 5.55. The van der Waals surface area contributed by atoms with Crippen molar-refractivity contribution in [3.63, 3.8) is 0 Å². The number of nitrogens with one attached hydrogen (secondary N) is 1. The molecule has 2 fully saturated rings. The Morgan fingerprint density at radius 1 is 1.44 bits per heavy atom. The fourth-order valence-electron chi connectivity index (χ4n) is 3.84. The van der Waals surface area contributed by atoms with Gasteiger partial charge in [-0.2, -0.15) is 0 Å². The highest BCUT2D eigenvalue weighted by atomic mass is 35.5. The molecule has 1 saturated heterocycles. The van der Waals surface area contributed by atoms with Crippen LogP contribution in [0.5, 0.6) is 5.75 Å². The van der Waals surface area contributed by atoms with Gasteiger partial charge in [0, 0.05) is 30.9 Å². The highest BCUT2D eigenvalue weighted by molar-refractivity contribution is 6.32. The normalized spacial score (nSPS) is 25.5. The molecule has 6 nitrogen and oxygen atoms in total. The van der Waals surface area contributed by atoms with Crippen molar-refractivity contribution < 1.29 is 14.2 Å². The number of halogens is 1. The summed E-state index contributed by atoms with van der Waals surface area (Å²) in [5, 5.41) is 3.65. The van der Waals surface area contributed by atoms with Crippen LogP contribution in [0.3, 0.4) is 0 Å². The van der Waals surface area contributed by atoms with Gasteiger partial charge in [-0.15, -0.1) is 0 Å². The standard InChI is InChI=1S/C18H26ClN3O3/c1-3-25-16-11-15(18(16)6-8-24-9-7-18)22-17(20)21-12-4-5-14(23-2)13(19)10-12/h4-5,10,15-16H,3,6-9,11H2,1-2H3,(H3,20,21,22). The average Bonchev–Trinajstić information content (AvgIpc) is 2.62. The number of hydrogen-bond acceptors (Lipinski definition) is 4. The molecule has 2 aliphatic rings. The summed E-state index contributed by atoms with van der Waals surface area (Å²) in [4.78, 5) is 4.73. The molecule has 0 amide bonds. The molecule has 1 heterocycles. The van der Waals surface area contributed by atoms with Gasteiger partial charge in [0.05, 0.1) is 24.3 Å². The number of ether oxygens (including phenoxy) is 3. The molecular weight excluding hydrogens is 342 g/mol. The predicted molar refractivity (Wildman–Crippen MR) is 99.6 cm³/mol. The molecule has 0 bridgehead atoms. The van der Waals surface area contributed by atoms with Crippen LogP contribution in [0.25, 0.3) is 0 Å². The van der Waals surface area contributed by atoms with E-state index in [1.165, 1.54) is 0 Å². The van der Waals surface area contributed by atoms with Crippen molar-refractivity contribution in [3.8, 4) is 5.75 Å². The number of benzene rings is 1. The van der Waals surface area contributed by atoms with Crippen LogP contribution in [0, 0.1) is 5.41 Å². The Hall–Kier alpha value is -1.50. The Balaban J connectivity index is 1.70. The van der Waals surface area contributed by atoms with Gasteiger partial charge in [0.1, 0.15) is 5.75 Å². The minimum absolute atomic E-state index is 0.0537. The van der Waals surface area contributed by atoms with Gasteiger partial charge in [0.25, 0.3) is 0 Å². The van der Waals surface area contributed by atoms with E-state index < -0.39 is 0 Å². The van der Waals surface area contributed by atoms with Gasteiger partial charge >= 0.3 is 0 Å². The zero-order valence-corrected chi connectivity index (χ0v) is 15.5. The topological polar surface area (TPSA) is 78.1 Å². The van der Waals surface area contributed by atoms with Gasteiger partial charge in [-0.3, -0.25) is 0 Å². The van der Waals surface area contributed by atoms with Crippen molar-refractivity contribution >= 4 is 23.2 Å². The second kappa shape index (κ2) is 7.81. The third-order valence-electron chi connectivity index (χ3n) is 5.25. The Bertz CT molecular complexity index is 632. The second-order valence-corrected chi connectivity index (χ2v) is 6.94. The molecule has 1 aromatic carbocycles. The fraction of sp³-hybridized carbons (Fsp3) is 0.611. The number of aliphatic imine (C=N–C) groups is 1. The van der Waals surface area contributed by atoms with E-state index in [4.69, 9.17) is 36.5 Å². The molecule has 1 aliphatic heterocycles. The fourth-order valence-corrected chi connectivity index (χ4v) is 4.10. The Morgan fingerprint density at radius 2 is 2.20 bits per heavy atom. The zero-order chi connectivity index (χ0) is 17.9. The first kappa shape index (κ1) is 18.3. The molecule has 3 N–H and O–H groups in total. The van der Waals surface area contributed by atoms with Gasteiger partial charge in [-0.1, -0.05) is 11.6 Å². The zero-order valence-electron chi connectivity index (χ0n) is 14.8. The molecule has 1 aliphatic carbocycles. The molecule has 0 aromatic heterocycles. The monoisotopic (exact) mass is 367 g/mol. The number of methoxy groups -OCH3 is 1. The lowest BCUT2D eigenvalue weighted by Gasteiger charge is -2.55. The summed E-state index contributed by atoms with van der Waals surface area (Å²) in [5.74, 6) is 1.02. The van der Waals surface area contributed by atoms with E-state index in [-0.39, 0.29) is 17.6 Å². The summed E-state index contributed by atoms with van der Waals surface area (Å²) in [7, 11) is 1.59. The highest BCUT2D eigenvalue weighted by Crippen LogP contribution is 2.52. The van der Waals surface area contributed by atoms with Gasteiger partial charge < -0.3 is 25.3 Å². The van der Waals surface area contributed by atoms with Crippen molar-refractivity contribution in [2.75, 3.05) is 32.2 Å². The molecule has 7 heteroatoms. The van der Waals surface area contributed by atoms with Crippen LogP contribution in [0.1, 0.15) is 26.2 Å². The third kappa shape index (κ3) is 3.71. The number of hydrogen-bond donors (Lipinski definition) is 2. The molecule has 0 radical (unpaired) electrons. The van der Waals surface area contributed by atoms with E-state index in [1.807, 2.05) is 13.0 Å². The van der Waals surface area contributed by atoms with E-state index in [0.29, 0.717) is 16.7 Å². The van der Waals surface area contributed by atoms with Crippen LogP contribution in [-0.4, -0.2) is 45.0 Å². The summed E-state index contributed by atoms with van der Waals surface area (Å²) in [6.45, 7) is 4.28. The maximum absolute atomic E-state index is 6.15. The molecule has 1 aromatic rings. The number of anilines is 1. The first-order chi connectivity index (χ1) is 12.1. The van der Waals surface area contributed by atoms with Crippen molar-refractivity contribution in [2.24, 2.45) is 16.1 Å². The summed E-state index contributed by atoms with van der Waals surface area (Å²) < 4.78 is 16.6. The first-order valence-electron chi connectivity index (χ1n) is 8.72. The minimum atomic E-state index is 0.0537. The smallest absolute Gasteiger partial charge is 0.193 e. The van der Waals surface area contributed by atoms with Crippen molar-refractivity contribution in [1.29, 1.82) is 0 Å². The van der Waals surface area contributed by atoms with Crippen LogP contribution < -0.4 is 15.8 Å². The SMILES string of the molecule is CCOC1CC(N=C(N)Nc2ccc(OC)c(Cl)c2)C12CCOCC2. The van der Waals surface area contributed by atoms with Crippen molar-refractivity contribution in [3.05, 3.63) is 23.2 Å². The van der Waals surface area contributed by atoms with Crippen LogP contribution in [-0.2, 0) is 9.47 Å². The Morgan fingerprint density at radius 3 is 2.84 bits per heavy atom. The molecule has 138 valence electrons. The minimum Gasteiger partial charge on any atom is -0.495 e.